The molecule has 2 saturated heterocycles. The van der Waals surface area contributed by atoms with Gasteiger partial charge in [-0.1, -0.05) is 25.2 Å². The van der Waals surface area contributed by atoms with Gasteiger partial charge in [0.25, 0.3) is 0 Å². The predicted molar refractivity (Wildman–Crippen MR) is 162 cm³/mol. The van der Waals surface area contributed by atoms with E-state index in [2.05, 4.69) is 39.0 Å². The minimum Gasteiger partial charge on any atom is -0.481 e. The summed E-state index contributed by atoms with van der Waals surface area (Å²) in [6.45, 7) is 7.89. The van der Waals surface area contributed by atoms with Crippen molar-refractivity contribution in [3.8, 4) is 11.3 Å². The molecule has 2 N–H and O–H groups in total. The standard InChI is InChI=1S/C30H36F5N7O2S/c1-18(2)12-22-4-3-6-42(22)16-23-26(19-13-20(30(33,34)35)15-21(31)14-19)38-29(45-23)39-27-25(32)28(37-17-36-27)41-10-8-40(9-11-41)7-5-24(43)44/h13-15,17-18,22H,3-12,16H2,1-2H3,(H,43,44)(H,36,37,38,39)/t22-/m0/s1. The normalized spacial score (nSPS) is 18.2. The first-order chi connectivity index (χ1) is 21.4. The molecule has 4 heterocycles. The second-order valence-corrected chi connectivity index (χ2v) is 13.0. The average Bonchev–Trinajstić information content (AvgIpc) is 3.58. The molecule has 0 aliphatic carbocycles. The molecule has 244 valence electrons. The quantitative estimate of drug-likeness (QED) is 0.233. The van der Waals surface area contributed by atoms with E-state index in [1.807, 2.05) is 4.90 Å². The lowest BCUT2D eigenvalue weighted by atomic mass is 10.0. The summed E-state index contributed by atoms with van der Waals surface area (Å²) in [6.07, 6.45) is -0.517. The number of thiazole rings is 1. The van der Waals surface area contributed by atoms with E-state index in [-0.39, 0.29) is 34.4 Å². The Hall–Kier alpha value is -3.43. The molecule has 15 heteroatoms. The molecule has 2 aromatic heterocycles. The zero-order chi connectivity index (χ0) is 32.3. The van der Waals surface area contributed by atoms with E-state index in [9.17, 15) is 22.4 Å². The van der Waals surface area contributed by atoms with Gasteiger partial charge in [0.15, 0.2) is 16.8 Å². The van der Waals surface area contributed by atoms with Crippen molar-refractivity contribution in [2.24, 2.45) is 5.92 Å². The number of carbonyl (C=O) groups is 1. The van der Waals surface area contributed by atoms with E-state index in [4.69, 9.17) is 5.11 Å². The number of halogens is 5. The van der Waals surface area contributed by atoms with E-state index in [1.165, 1.54) is 17.7 Å². The van der Waals surface area contributed by atoms with Crippen molar-refractivity contribution < 1.29 is 31.9 Å². The number of piperazine rings is 1. The number of nitrogens with one attached hydrogen (secondary N) is 1. The Bertz CT molecular complexity index is 1490. The fraction of sp³-hybridized carbons (Fsp3) is 0.533. The van der Waals surface area contributed by atoms with Crippen LogP contribution < -0.4 is 10.2 Å². The maximum atomic E-state index is 15.7. The van der Waals surface area contributed by atoms with Gasteiger partial charge in [0.2, 0.25) is 5.82 Å². The van der Waals surface area contributed by atoms with Crippen molar-refractivity contribution >= 4 is 34.1 Å². The third-order valence-corrected chi connectivity index (χ3v) is 9.05. The Balaban J connectivity index is 1.42. The van der Waals surface area contributed by atoms with Crippen LogP contribution in [-0.4, -0.2) is 81.1 Å². The minimum atomic E-state index is -4.74. The number of rotatable bonds is 11. The van der Waals surface area contributed by atoms with Crippen LogP contribution >= 0.6 is 11.3 Å². The van der Waals surface area contributed by atoms with Crippen LogP contribution in [0.2, 0.25) is 0 Å². The number of carboxylic acid groups (broad SMARTS) is 1. The lowest BCUT2D eigenvalue weighted by molar-refractivity contribution is -0.138. The van der Waals surface area contributed by atoms with Crippen LogP contribution in [0.4, 0.5) is 38.7 Å². The zero-order valence-corrected chi connectivity index (χ0v) is 25.9. The average molecular weight is 654 g/mol. The molecule has 2 fully saturated rings. The summed E-state index contributed by atoms with van der Waals surface area (Å²) in [6, 6.07) is 2.69. The van der Waals surface area contributed by atoms with Gasteiger partial charge in [0, 0.05) is 55.8 Å². The van der Waals surface area contributed by atoms with Gasteiger partial charge in [0.1, 0.15) is 12.1 Å². The van der Waals surface area contributed by atoms with Gasteiger partial charge in [-0.15, -0.1) is 0 Å². The molecule has 9 nitrogen and oxygen atoms in total. The van der Waals surface area contributed by atoms with Gasteiger partial charge in [-0.25, -0.2) is 19.3 Å². The first-order valence-electron chi connectivity index (χ1n) is 15.0. The van der Waals surface area contributed by atoms with Crippen LogP contribution in [0.15, 0.2) is 24.5 Å². The fourth-order valence-electron chi connectivity index (χ4n) is 5.93. The molecule has 3 aromatic rings. The fourth-order valence-corrected chi connectivity index (χ4v) is 6.94. The van der Waals surface area contributed by atoms with E-state index in [0.29, 0.717) is 62.2 Å². The monoisotopic (exact) mass is 653 g/mol. The summed E-state index contributed by atoms with van der Waals surface area (Å²) in [5, 5.41) is 12.0. The number of likely N-dealkylation sites (tertiary alicyclic amines) is 1. The first kappa shape index (κ1) is 32.9. The molecule has 0 unspecified atom stereocenters. The molecule has 2 aliphatic rings. The van der Waals surface area contributed by atoms with Crippen molar-refractivity contribution in [3.05, 3.63) is 46.6 Å². The van der Waals surface area contributed by atoms with Gasteiger partial charge in [0.05, 0.1) is 17.7 Å². The summed E-state index contributed by atoms with van der Waals surface area (Å²) in [4.78, 5) is 30.3. The van der Waals surface area contributed by atoms with Crippen molar-refractivity contribution in [2.45, 2.75) is 58.3 Å². The number of aromatic nitrogens is 3. The highest BCUT2D eigenvalue weighted by Crippen LogP contribution is 2.39. The summed E-state index contributed by atoms with van der Waals surface area (Å²) < 4.78 is 71.0. The third-order valence-electron chi connectivity index (χ3n) is 8.10. The topological polar surface area (TPSA) is 97.7 Å². The molecule has 0 spiro atoms. The van der Waals surface area contributed by atoms with Crippen molar-refractivity contribution in [1.82, 2.24) is 24.8 Å². The van der Waals surface area contributed by atoms with Gasteiger partial charge in [-0.05, 0) is 49.9 Å². The van der Waals surface area contributed by atoms with E-state index < -0.39 is 29.3 Å². The second kappa shape index (κ2) is 13.9. The highest BCUT2D eigenvalue weighted by Gasteiger charge is 2.33. The number of hydrogen-bond donors (Lipinski definition) is 2. The molecule has 2 aliphatic heterocycles. The molecular weight excluding hydrogens is 617 g/mol. The van der Waals surface area contributed by atoms with Crippen LogP contribution in [0.25, 0.3) is 11.3 Å². The van der Waals surface area contributed by atoms with Gasteiger partial charge in [-0.2, -0.15) is 17.6 Å². The van der Waals surface area contributed by atoms with E-state index in [1.54, 1.807) is 4.90 Å². The molecule has 0 radical (unpaired) electrons. The van der Waals surface area contributed by atoms with E-state index in [0.717, 1.165) is 37.9 Å². The Morgan fingerprint density at radius 2 is 1.87 bits per heavy atom. The molecule has 5 rings (SSSR count). The van der Waals surface area contributed by atoms with Crippen LogP contribution in [0.1, 0.15) is 50.0 Å². The Morgan fingerprint density at radius 1 is 1.11 bits per heavy atom. The number of carboxylic acids is 1. The minimum absolute atomic E-state index is 0.00847. The van der Waals surface area contributed by atoms with Crippen molar-refractivity contribution in [2.75, 3.05) is 49.5 Å². The molecule has 45 heavy (non-hydrogen) atoms. The molecular formula is C30H36F5N7O2S. The Labute approximate surface area is 262 Å². The number of alkyl halides is 3. The maximum Gasteiger partial charge on any atom is 0.416 e. The summed E-state index contributed by atoms with van der Waals surface area (Å²) in [5.74, 6) is -2.21. The highest BCUT2D eigenvalue weighted by atomic mass is 32.1. The largest absolute Gasteiger partial charge is 0.481 e. The summed E-state index contributed by atoms with van der Waals surface area (Å²) in [5.41, 5.74) is -0.917. The second-order valence-electron chi connectivity index (χ2n) is 11.9. The van der Waals surface area contributed by atoms with Crippen LogP contribution in [0.5, 0.6) is 0 Å². The van der Waals surface area contributed by atoms with Crippen LogP contribution in [0.3, 0.4) is 0 Å². The number of benzene rings is 1. The number of aliphatic carboxylic acids is 1. The number of nitrogens with zero attached hydrogens (tertiary/aromatic N) is 6. The Kier molecular flexibility index (Phi) is 10.2. The first-order valence-corrected chi connectivity index (χ1v) is 15.8. The van der Waals surface area contributed by atoms with Gasteiger partial charge >= 0.3 is 12.1 Å². The number of hydrogen-bond acceptors (Lipinski definition) is 9. The lowest BCUT2D eigenvalue weighted by Crippen LogP contribution is -2.47. The molecule has 1 atom stereocenters. The molecule has 0 bridgehead atoms. The molecule has 0 saturated carbocycles. The molecule has 1 aromatic carbocycles. The van der Waals surface area contributed by atoms with Gasteiger partial charge < -0.3 is 15.3 Å². The molecule has 0 amide bonds. The lowest BCUT2D eigenvalue weighted by Gasteiger charge is -2.35. The van der Waals surface area contributed by atoms with Crippen molar-refractivity contribution in [3.63, 3.8) is 0 Å². The summed E-state index contributed by atoms with van der Waals surface area (Å²) >= 11 is 1.17. The SMILES string of the molecule is CC(C)C[C@@H]1CCCN1Cc1sc(Nc2ncnc(N3CCN(CCC(=O)O)CC3)c2F)nc1-c1cc(F)cc(C(F)(F)F)c1. The van der Waals surface area contributed by atoms with Crippen LogP contribution in [0, 0.1) is 17.6 Å². The van der Waals surface area contributed by atoms with Crippen LogP contribution in [-0.2, 0) is 17.5 Å². The highest BCUT2D eigenvalue weighted by molar-refractivity contribution is 7.16. The van der Waals surface area contributed by atoms with Crippen molar-refractivity contribution in [1.29, 1.82) is 0 Å². The number of anilines is 3. The predicted octanol–water partition coefficient (Wildman–Crippen LogP) is 6.25. The third kappa shape index (κ3) is 8.24. The zero-order valence-electron chi connectivity index (χ0n) is 25.1. The smallest absolute Gasteiger partial charge is 0.416 e. The van der Waals surface area contributed by atoms with E-state index >= 15 is 4.39 Å². The Morgan fingerprint density at radius 3 is 2.56 bits per heavy atom. The maximum absolute atomic E-state index is 15.7. The summed E-state index contributed by atoms with van der Waals surface area (Å²) in [7, 11) is 0. The van der Waals surface area contributed by atoms with Gasteiger partial charge in [-0.3, -0.25) is 14.6 Å².